The number of benzene rings is 2. The fourth-order valence-electron chi connectivity index (χ4n) is 3.74. The minimum absolute atomic E-state index is 0. The van der Waals surface area contributed by atoms with Crippen LogP contribution in [0.4, 0.5) is 11.4 Å². The van der Waals surface area contributed by atoms with Crippen LogP contribution in [0.1, 0.15) is 38.2 Å². The first-order valence-corrected chi connectivity index (χ1v) is 10.7. The van der Waals surface area contributed by atoms with Gasteiger partial charge < -0.3 is 25.4 Å². The molecule has 1 heterocycles. The highest BCUT2D eigenvalue weighted by Crippen LogP contribution is 2.31. The van der Waals surface area contributed by atoms with Gasteiger partial charge in [0.2, 0.25) is 0 Å². The topological polar surface area (TPSA) is 72.1 Å². The van der Waals surface area contributed by atoms with Crippen molar-refractivity contribution in [1.29, 1.82) is 0 Å². The monoisotopic (exact) mass is 538 g/mol. The number of hydrogen-bond acceptors (Lipinski definition) is 4. The van der Waals surface area contributed by atoms with Crippen molar-refractivity contribution >= 4 is 41.3 Å². The zero-order valence-electron chi connectivity index (χ0n) is 18.9. The molecule has 1 saturated heterocycles. The van der Waals surface area contributed by atoms with Crippen molar-refractivity contribution in [2.45, 2.75) is 32.6 Å². The van der Waals surface area contributed by atoms with Gasteiger partial charge in [0.1, 0.15) is 11.5 Å². The summed E-state index contributed by atoms with van der Waals surface area (Å²) in [6, 6.07) is 14.4. The number of methoxy groups -OCH3 is 2. The van der Waals surface area contributed by atoms with Gasteiger partial charge in [0.15, 0.2) is 5.96 Å². The number of nitrogens with one attached hydrogen (secondary N) is 1. The molecule has 0 aromatic heterocycles. The Hall–Kier alpha value is -2.16. The van der Waals surface area contributed by atoms with Gasteiger partial charge >= 0.3 is 0 Å². The molecule has 0 saturated carbocycles. The molecular weight excluding hydrogens is 503 g/mol. The lowest BCUT2D eigenvalue weighted by atomic mass is 9.99. The minimum atomic E-state index is 0. The van der Waals surface area contributed by atoms with Gasteiger partial charge in [0, 0.05) is 49.2 Å². The van der Waals surface area contributed by atoms with Crippen LogP contribution in [-0.4, -0.2) is 39.8 Å². The molecular formula is C24H35IN4O2. The highest BCUT2D eigenvalue weighted by Gasteiger charge is 2.23. The SMILES string of the molecule is CCC(C)c1ccc(NC(N)=NCC2CCN(c3cc(OC)cc(OC)c3)C2)cc1.I. The van der Waals surface area contributed by atoms with Crippen LogP contribution in [0.15, 0.2) is 47.5 Å². The number of anilines is 2. The zero-order chi connectivity index (χ0) is 21.5. The maximum Gasteiger partial charge on any atom is 0.193 e. The maximum atomic E-state index is 6.12. The summed E-state index contributed by atoms with van der Waals surface area (Å²) in [5.41, 5.74) is 9.56. The number of nitrogens with zero attached hydrogens (tertiary/aromatic N) is 2. The van der Waals surface area contributed by atoms with E-state index in [9.17, 15) is 0 Å². The first-order valence-electron chi connectivity index (χ1n) is 10.7. The predicted octanol–water partition coefficient (Wildman–Crippen LogP) is 5.09. The van der Waals surface area contributed by atoms with E-state index in [-0.39, 0.29) is 24.0 Å². The Morgan fingerprint density at radius 3 is 2.39 bits per heavy atom. The van der Waals surface area contributed by atoms with E-state index in [4.69, 9.17) is 15.2 Å². The molecule has 1 fully saturated rings. The third-order valence-electron chi connectivity index (χ3n) is 5.87. The van der Waals surface area contributed by atoms with Crippen LogP contribution >= 0.6 is 24.0 Å². The quantitative estimate of drug-likeness (QED) is 0.279. The van der Waals surface area contributed by atoms with E-state index in [1.807, 2.05) is 18.2 Å². The Morgan fingerprint density at radius 1 is 1.16 bits per heavy atom. The van der Waals surface area contributed by atoms with Gasteiger partial charge in [-0.15, -0.1) is 24.0 Å². The summed E-state index contributed by atoms with van der Waals surface area (Å²) in [6.45, 7) is 7.08. The van der Waals surface area contributed by atoms with Crippen molar-refractivity contribution in [1.82, 2.24) is 0 Å². The van der Waals surface area contributed by atoms with Gasteiger partial charge in [-0.25, -0.2) is 0 Å². The molecule has 0 radical (unpaired) electrons. The molecule has 31 heavy (non-hydrogen) atoms. The third-order valence-corrected chi connectivity index (χ3v) is 5.87. The molecule has 6 nitrogen and oxygen atoms in total. The first-order chi connectivity index (χ1) is 14.5. The van der Waals surface area contributed by atoms with Gasteiger partial charge in [-0.2, -0.15) is 0 Å². The summed E-state index contributed by atoms with van der Waals surface area (Å²) in [4.78, 5) is 6.93. The smallest absolute Gasteiger partial charge is 0.193 e. The number of rotatable bonds is 8. The second kappa shape index (κ2) is 12.0. The lowest BCUT2D eigenvalue weighted by molar-refractivity contribution is 0.394. The Morgan fingerprint density at radius 2 is 1.81 bits per heavy atom. The van der Waals surface area contributed by atoms with E-state index in [1.54, 1.807) is 14.2 Å². The second-order valence-electron chi connectivity index (χ2n) is 7.95. The van der Waals surface area contributed by atoms with Crippen LogP contribution in [0, 0.1) is 5.92 Å². The molecule has 1 aliphatic rings. The summed E-state index contributed by atoms with van der Waals surface area (Å²) < 4.78 is 10.8. The van der Waals surface area contributed by atoms with E-state index in [1.165, 1.54) is 5.56 Å². The fraction of sp³-hybridized carbons (Fsp3) is 0.458. The van der Waals surface area contributed by atoms with Crippen molar-refractivity contribution in [2.75, 3.05) is 44.1 Å². The second-order valence-corrected chi connectivity index (χ2v) is 7.95. The van der Waals surface area contributed by atoms with E-state index in [2.05, 4.69) is 53.3 Å². The van der Waals surface area contributed by atoms with Crippen LogP contribution in [0.3, 0.4) is 0 Å². The molecule has 0 spiro atoms. The van der Waals surface area contributed by atoms with Crippen molar-refractivity contribution < 1.29 is 9.47 Å². The largest absolute Gasteiger partial charge is 0.497 e. The molecule has 1 aliphatic heterocycles. The van der Waals surface area contributed by atoms with E-state index in [0.717, 1.165) is 48.8 Å². The van der Waals surface area contributed by atoms with Gasteiger partial charge in [-0.1, -0.05) is 26.0 Å². The van der Waals surface area contributed by atoms with Crippen molar-refractivity contribution in [2.24, 2.45) is 16.6 Å². The minimum Gasteiger partial charge on any atom is -0.497 e. The molecule has 7 heteroatoms. The molecule has 2 aromatic rings. The zero-order valence-corrected chi connectivity index (χ0v) is 21.3. The summed E-state index contributed by atoms with van der Waals surface area (Å²) >= 11 is 0. The molecule has 170 valence electrons. The number of hydrogen-bond donors (Lipinski definition) is 2. The van der Waals surface area contributed by atoms with E-state index >= 15 is 0 Å². The average Bonchev–Trinajstić information content (AvgIpc) is 3.26. The summed E-state index contributed by atoms with van der Waals surface area (Å²) in [5, 5.41) is 3.20. The van der Waals surface area contributed by atoms with Crippen LogP contribution in [0.25, 0.3) is 0 Å². The normalized spacial score (nSPS) is 17.1. The van der Waals surface area contributed by atoms with Gasteiger partial charge in [-0.3, -0.25) is 4.99 Å². The highest BCUT2D eigenvalue weighted by atomic mass is 127. The average molecular weight is 538 g/mol. The van der Waals surface area contributed by atoms with Crippen molar-refractivity contribution in [3.05, 3.63) is 48.0 Å². The lowest BCUT2D eigenvalue weighted by Gasteiger charge is -2.20. The Bertz CT molecular complexity index is 835. The van der Waals surface area contributed by atoms with Gasteiger partial charge in [0.05, 0.1) is 14.2 Å². The molecule has 2 atom stereocenters. The first kappa shape index (κ1) is 25.1. The van der Waals surface area contributed by atoms with E-state index < -0.39 is 0 Å². The Labute approximate surface area is 203 Å². The molecule has 2 aromatic carbocycles. The van der Waals surface area contributed by atoms with Crippen LogP contribution in [0.5, 0.6) is 11.5 Å². The summed E-state index contributed by atoms with van der Waals surface area (Å²) in [6.07, 6.45) is 2.22. The lowest BCUT2D eigenvalue weighted by Crippen LogP contribution is -2.25. The molecule has 0 amide bonds. The molecule has 0 bridgehead atoms. The number of nitrogens with two attached hydrogens (primary N) is 1. The molecule has 3 rings (SSSR count). The molecule has 0 aliphatic carbocycles. The van der Waals surface area contributed by atoms with Crippen molar-refractivity contribution in [3.63, 3.8) is 0 Å². The Kier molecular flexibility index (Phi) is 9.74. The predicted molar refractivity (Wildman–Crippen MR) is 141 cm³/mol. The number of guanidine groups is 1. The fourth-order valence-corrected chi connectivity index (χ4v) is 3.74. The van der Waals surface area contributed by atoms with E-state index in [0.29, 0.717) is 24.3 Å². The number of ether oxygens (including phenoxy) is 2. The highest BCUT2D eigenvalue weighted by molar-refractivity contribution is 14.0. The molecule has 2 unspecified atom stereocenters. The van der Waals surface area contributed by atoms with Crippen LogP contribution in [-0.2, 0) is 0 Å². The Balaban J connectivity index is 0.00000341. The third kappa shape index (κ3) is 6.92. The maximum absolute atomic E-state index is 6.12. The van der Waals surface area contributed by atoms with Crippen LogP contribution < -0.4 is 25.4 Å². The van der Waals surface area contributed by atoms with Crippen LogP contribution in [0.2, 0.25) is 0 Å². The van der Waals surface area contributed by atoms with Gasteiger partial charge in [-0.05, 0) is 42.4 Å². The van der Waals surface area contributed by atoms with Gasteiger partial charge in [0.25, 0.3) is 0 Å². The number of halogens is 1. The van der Waals surface area contributed by atoms with Crippen molar-refractivity contribution in [3.8, 4) is 11.5 Å². The summed E-state index contributed by atoms with van der Waals surface area (Å²) in [5.74, 6) is 3.11. The molecule has 3 N–H and O–H groups in total. The standard InChI is InChI=1S/C24H34N4O2.HI/c1-5-17(2)19-6-8-20(9-7-19)27-24(25)26-15-18-10-11-28(16-18)21-12-22(29-3)14-23(13-21)30-4;/h6-9,12-14,17-18H,5,10-11,15-16H2,1-4H3,(H3,25,26,27);1H. The summed E-state index contributed by atoms with van der Waals surface area (Å²) in [7, 11) is 3.35. The number of aliphatic imine (C=N–C) groups is 1.